The fraction of sp³-hybridized carbons (Fsp3) is 0.0952. The summed E-state index contributed by atoms with van der Waals surface area (Å²) in [6, 6.07) is 14.5. The first-order valence-corrected chi connectivity index (χ1v) is 10.0. The number of aryl methyl sites for hydroxylation is 1. The lowest BCUT2D eigenvalue weighted by molar-refractivity contribution is -0.385. The molecule has 5 rings (SSSR count). The van der Waals surface area contributed by atoms with Gasteiger partial charge in [0, 0.05) is 17.2 Å². The number of hydrogen-bond acceptors (Lipinski definition) is 7. The molecule has 0 saturated carbocycles. The van der Waals surface area contributed by atoms with Gasteiger partial charge in [-0.05, 0) is 42.1 Å². The molecule has 0 aliphatic heterocycles. The zero-order chi connectivity index (χ0) is 20.7. The van der Waals surface area contributed by atoms with Crippen molar-refractivity contribution in [3.05, 3.63) is 81.5 Å². The molecule has 0 spiro atoms. The summed E-state index contributed by atoms with van der Waals surface area (Å²) in [6.07, 6.45) is 1.68. The number of hydrogen-bond donors (Lipinski definition) is 0. The zero-order valence-electron chi connectivity index (χ0n) is 15.8. The van der Waals surface area contributed by atoms with Crippen LogP contribution >= 0.6 is 11.3 Å². The second-order valence-electron chi connectivity index (χ2n) is 6.78. The Kier molecular flexibility index (Phi) is 4.36. The molecule has 0 bridgehead atoms. The number of benzene rings is 2. The molecule has 148 valence electrons. The maximum Gasteiger partial charge on any atom is 0.272 e. The smallest absolute Gasteiger partial charge is 0.272 e. The lowest BCUT2D eigenvalue weighted by atomic mass is 10.1. The summed E-state index contributed by atoms with van der Waals surface area (Å²) in [4.78, 5) is 20.6. The van der Waals surface area contributed by atoms with E-state index in [1.807, 2.05) is 35.7 Å². The molecule has 2 aromatic carbocycles. The summed E-state index contributed by atoms with van der Waals surface area (Å²) in [6.45, 7) is 2.02. The number of fused-ring (bicyclic) bond motifs is 3. The number of nitro groups is 1. The molecule has 3 heterocycles. The molecule has 0 aliphatic carbocycles. The highest BCUT2D eigenvalue weighted by atomic mass is 32.1. The molecular weight excluding hydrogens is 402 g/mol. The largest absolute Gasteiger partial charge is 0.489 e. The van der Waals surface area contributed by atoms with Gasteiger partial charge < -0.3 is 4.74 Å². The van der Waals surface area contributed by atoms with E-state index in [1.54, 1.807) is 41.2 Å². The third-order valence-electron chi connectivity index (χ3n) is 4.76. The van der Waals surface area contributed by atoms with Crippen molar-refractivity contribution in [2.75, 3.05) is 0 Å². The van der Waals surface area contributed by atoms with Gasteiger partial charge in [0.15, 0.2) is 11.5 Å². The Morgan fingerprint density at radius 1 is 1.20 bits per heavy atom. The topological polar surface area (TPSA) is 95.5 Å². The van der Waals surface area contributed by atoms with Gasteiger partial charge in [-0.15, -0.1) is 16.4 Å². The van der Waals surface area contributed by atoms with Crippen molar-refractivity contribution < 1.29 is 9.66 Å². The molecule has 0 aliphatic rings. The van der Waals surface area contributed by atoms with Crippen LogP contribution in [0, 0.1) is 17.0 Å². The minimum atomic E-state index is -0.399. The SMILES string of the molecule is Cc1cc(OCc2cccc(-c3nc4c5ccsc5ncn4n3)c2)ccc1[N+](=O)[O-]. The quantitative estimate of drug-likeness (QED) is 0.301. The van der Waals surface area contributed by atoms with Crippen LogP contribution in [0.5, 0.6) is 5.75 Å². The van der Waals surface area contributed by atoms with Gasteiger partial charge in [0.1, 0.15) is 23.5 Å². The number of aromatic nitrogens is 4. The maximum atomic E-state index is 11.0. The monoisotopic (exact) mass is 417 g/mol. The lowest BCUT2D eigenvalue weighted by Crippen LogP contribution is -1.98. The van der Waals surface area contributed by atoms with Crippen LogP contribution < -0.4 is 4.74 Å². The molecule has 5 aromatic rings. The van der Waals surface area contributed by atoms with E-state index in [0.717, 1.165) is 27.0 Å². The predicted molar refractivity (Wildman–Crippen MR) is 114 cm³/mol. The minimum Gasteiger partial charge on any atom is -0.489 e. The first kappa shape index (κ1) is 18.2. The van der Waals surface area contributed by atoms with Crippen LogP contribution in [0.3, 0.4) is 0 Å². The molecule has 0 unspecified atom stereocenters. The highest BCUT2D eigenvalue weighted by molar-refractivity contribution is 7.16. The first-order valence-electron chi connectivity index (χ1n) is 9.14. The van der Waals surface area contributed by atoms with Crippen molar-refractivity contribution in [3.8, 4) is 17.1 Å². The third-order valence-corrected chi connectivity index (χ3v) is 5.58. The van der Waals surface area contributed by atoms with E-state index in [-0.39, 0.29) is 5.69 Å². The van der Waals surface area contributed by atoms with E-state index in [1.165, 1.54) is 6.07 Å². The Bertz CT molecular complexity index is 1410. The van der Waals surface area contributed by atoms with Gasteiger partial charge >= 0.3 is 0 Å². The summed E-state index contributed by atoms with van der Waals surface area (Å²) < 4.78 is 7.52. The number of thiophene rings is 1. The molecule has 9 heteroatoms. The third kappa shape index (κ3) is 3.25. The van der Waals surface area contributed by atoms with Crippen molar-refractivity contribution in [1.82, 2.24) is 19.6 Å². The summed E-state index contributed by atoms with van der Waals surface area (Å²) in [7, 11) is 0. The van der Waals surface area contributed by atoms with Gasteiger partial charge in [0.05, 0.1) is 10.3 Å². The van der Waals surface area contributed by atoms with Gasteiger partial charge in [0.25, 0.3) is 5.69 Å². The average Bonchev–Trinajstić information content (AvgIpc) is 3.38. The Balaban J connectivity index is 1.40. The van der Waals surface area contributed by atoms with Crippen LogP contribution in [-0.4, -0.2) is 24.5 Å². The van der Waals surface area contributed by atoms with E-state index in [4.69, 9.17) is 9.72 Å². The van der Waals surface area contributed by atoms with Crippen molar-refractivity contribution in [3.63, 3.8) is 0 Å². The van der Waals surface area contributed by atoms with Gasteiger partial charge in [0.2, 0.25) is 0 Å². The lowest BCUT2D eigenvalue weighted by Gasteiger charge is -2.08. The van der Waals surface area contributed by atoms with Crippen LogP contribution in [0.25, 0.3) is 27.3 Å². The number of ether oxygens (including phenoxy) is 1. The van der Waals surface area contributed by atoms with Crippen molar-refractivity contribution >= 4 is 32.9 Å². The second kappa shape index (κ2) is 7.20. The number of nitro benzene ring substituents is 1. The Labute approximate surface area is 174 Å². The predicted octanol–water partition coefficient (Wildman–Crippen LogP) is 4.80. The summed E-state index contributed by atoms with van der Waals surface area (Å²) in [5.74, 6) is 1.20. The molecular formula is C21H15N5O3S. The second-order valence-corrected chi connectivity index (χ2v) is 7.68. The van der Waals surface area contributed by atoms with Gasteiger partial charge in [-0.1, -0.05) is 18.2 Å². The molecule has 30 heavy (non-hydrogen) atoms. The van der Waals surface area contributed by atoms with Gasteiger partial charge in [-0.3, -0.25) is 10.1 Å². The molecule has 0 N–H and O–H groups in total. The fourth-order valence-corrected chi connectivity index (χ4v) is 4.01. The van der Waals surface area contributed by atoms with E-state index < -0.39 is 4.92 Å². The van der Waals surface area contributed by atoms with E-state index in [0.29, 0.717) is 23.7 Å². The molecule has 0 amide bonds. The zero-order valence-corrected chi connectivity index (χ0v) is 16.7. The van der Waals surface area contributed by atoms with Crippen LogP contribution in [-0.2, 0) is 6.61 Å². The Morgan fingerprint density at radius 2 is 2.10 bits per heavy atom. The highest BCUT2D eigenvalue weighted by Gasteiger charge is 2.12. The fourth-order valence-electron chi connectivity index (χ4n) is 3.28. The Hall–Kier alpha value is -3.85. The standard InChI is InChI=1S/C21H15N5O3S/c1-13-9-16(5-6-18(13)26(27)28)29-11-14-3-2-4-15(10-14)19-23-20-17-7-8-30-21(17)22-12-25(20)24-19/h2-10,12H,11H2,1H3. The van der Waals surface area contributed by atoms with Crippen LogP contribution in [0.4, 0.5) is 5.69 Å². The molecule has 8 nitrogen and oxygen atoms in total. The van der Waals surface area contributed by atoms with Crippen LogP contribution in [0.1, 0.15) is 11.1 Å². The molecule has 0 atom stereocenters. The summed E-state index contributed by atoms with van der Waals surface area (Å²) >= 11 is 1.57. The van der Waals surface area contributed by atoms with Gasteiger partial charge in [-0.2, -0.15) is 0 Å². The Morgan fingerprint density at radius 3 is 2.93 bits per heavy atom. The van der Waals surface area contributed by atoms with E-state index in [2.05, 4.69) is 10.1 Å². The molecule has 0 radical (unpaired) electrons. The maximum absolute atomic E-state index is 11.0. The van der Waals surface area contributed by atoms with E-state index in [9.17, 15) is 10.1 Å². The molecule has 0 saturated heterocycles. The minimum absolute atomic E-state index is 0.0801. The van der Waals surface area contributed by atoms with Gasteiger partial charge in [-0.25, -0.2) is 14.5 Å². The first-order chi connectivity index (χ1) is 14.6. The van der Waals surface area contributed by atoms with Crippen LogP contribution in [0.15, 0.2) is 60.2 Å². The number of nitrogens with zero attached hydrogens (tertiary/aromatic N) is 5. The van der Waals surface area contributed by atoms with E-state index >= 15 is 0 Å². The number of rotatable bonds is 5. The average molecular weight is 417 g/mol. The van der Waals surface area contributed by atoms with Crippen molar-refractivity contribution in [2.45, 2.75) is 13.5 Å². The molecule has 0 fully saturated rings. The van der Waals surface area contributed by atoms with Crippen molar-refractivity contribution in [2.24, 2.45) is 0 Å². The normalized spacial score (nSPS) is 11.2. The molecule has 3 aromatic heterocycles. The van der Waals surface area contributed by atoms with Crippen LogP contribution in [0.2, 0.25) is 0 Å². The van der Waals surface area contributed by atoms with Crippen molar-refractivity contribution in [1.29, 1.82) is 0 Å². The summed E-state index contributed by atoms with van der Waals surface area (Å²) in [5.41, 5.74) is 3.24. The highest BCUT2D eigenvalue weighted by Crippen LogP contribution is 2.26. The summed E-state index contributed by atoms with van der Waals surface area (Å²) in [5, 5.41) is 18.5.